The standard InChI is InChI=1S/C19H25N5O2.CH2O2/c1-24-13-12-21-17(24)19(26)23-16-4-2-15(3-5-16)18(25)22-11-8-14-6-9-20-10-7-14;2-1-3/h6-7,9-10,12-13,15-16H,2-5,8,11H2,1H3,(H,22,25)(H,23,26);1H,(H,2,3). The SMILES string of the molecule is Cn1ccnc1C(=O)NC1CCC(C(=O)NCCc2ccncc2)CC1.O=CO. The van der Waals surface area contributed by atoms with Gasteiger partial charge in [0.1, 0.15) is 0 Å². The number of aryl methyl sites for hydroxylation is 1. The second-order valence-corrected chi connectivity index (χ2v) is 6.89. The van der Waals surface area contributed by atoms with Gasteiger partial charge in [-0.15, -0.1) is 0 Å². The molecular formula is C20H27N5O4. The summed E-state index contributed by atoms with van der Waals surface area (Å²) < 4.78 is 1.71. The monoisotopic (exact) mass is 401 g/mol. The molecule has 2 heterocycles. The Bertz CT molecular complexity index is 785. The number of hydrogen-bond donors (Lipinski definition) is 3. The Morgan fingerprint density at radius 2 is 1.86 bits per heavy atom. The molecule has 0 radical (unpaired) electrons. The van der Waals surface area contributed by atoms with Crippen molar-refractivity contribution in [3.05, 3.63) is 48.3 Å². The molecule has 2 amide bonds. The van der Waals surface area contributed by atoms with Crippen LogP contribution in [-0.2, 0) is 23.1 Å². The number of hydrogen-bond acceptors (Lipinski definition) is 5. The second-order valence-electron chi connectivity index (χ2n) is 6.89. The molecular weight excluding hydrogens is 374 g/mol. The van der Waals surface area contributed by atoms with Crippen molar-refractivity contribution in [3.8, 4) is 0 Å². The number of carboxylic acid groups (broad SMARTS) is 1. The molecule has 0 unspecified atom stereocenters. The van der Waals surface area contributed by atoms with Gasteiger partial charge in [-0.2, -0.15) is 0 Å². The quantitative estimate of drug-likeness (QED) is 0.624. The summed E-state index contributed by atoms with van der Waals surface area (Å²) >= 11 is 0. The second kappa shape index (κ2) is 11.6. The molecule has 9 nitrogen and oxygen atoms in total. The van der Waals surface area contributed by atoms with Gasteiger partial charge in [0.15, 0.2) is 5.82 Å². The molecule has 29 heavy (non-hydrogen) atoms. The average Bonchev–Trinajstić information content (AvgIpc) is 3.16. The van der Waals surface area contributed by atoms with Crippen molar-refractivity contribution in [2.75, 3.05) is 6.54 Å². The maximum absolute atomic E-state index is 12.3. The van der Waals surface area contributed by atoms with Gasteiger partial charge in [0.25, 0.3) is 12.4 Å². The van der Waals surface area contributed by atoms with Crippen molar-refractivity contribution < 1.29 is 19.5 Å². The Labute approximate surface area is 169 Å². The Morgan fingerprint density at radius 3 is 2.45 bits per heavy atom. The van der Waals surface area contributed by atoms with Gasteiger partial charge < -0.3 is 20.3 Å². The van der Waals surface area contributed by atoms with E-state index in [0.29, 0.717) is 12.4 Å². The summed E-state index contributed by atoms with van der Waals surface area (Å²) in [6, 6.07) is 4.03. The molecule has 2 aromatic rings. The highest BCUT2D eigenvalue weighted by Crippen LogP contribution is 2.24. The van der Waals surface area contributed by atoms with E-state index < -0.39 is 0 Å². The van der Waals surface area contributed by atoms with Gasteiger partial charge in [0, 0.05) is 50.3 Å². The van der Waals surface area contributed by atoms with Gasteiger partial charge in [-0.3, -0.25) is 19.4 Å². The number of carbonyl (C=O) groups is 3. The van der Waals surface area contributed by atoms with Crippen LogP contribution in [0.15, 0.2) is 36.9 Å². The van der Waals surface area contributed by atoms with E-state index in [0.717, 1.165) is 32.1 Å². The fraction of sp³-hybridized carbons (Fsp3) is 0.450. The lowest BCUT2D eigenvalue weighted by Crippen LogP contribution is -2.41. The van der Waals surface area contributed by atoms with E-state index >= 15 is 0 Å². The number of amides is 2. The Morgan fingerprint density at radius 1 is 1.21 bits per heavy atom. The summed E-state index contributed by atoms with van der Waals surface area (Å²) in [5, 5.41) is 12.9. The van der Waals surface area contributed by atoms with Crippen LogP contribution in [0.25, 0.3) is 0 Å². The lowest BCUT2D eigenvalue weighted by atomic mass is 9.85. The van der Waals surface area contributed by atoms with Crippen molar-refractivity contribution in [2.45, 2.75) is 38.1 Å². The highest BCUT2D eigenvalue weighted by atomic mass is 16.3. The van der Waals surface area contributed by atoms with Crippen LogP contribution in [0.1, 0.15) is 41.9 Å². The summed E-state index contributed by atoms with van der Waals surface area (Å²) in [6.07, 6.45) is 10.9. The van der Waals surface area contributed by atoms with Gasteiger partial charge >= 0.3 is 0 Å². The van der Waals surface area contributed by atoms with Crippen LogP contribution in [0.4, 0.5) is 0 Å². The Kier molecular flexibility index (Phi) is 8.81. The lowest BCUT2D eigenvalue weighted by Gasteiger charge is -2.28. The number of rotatable bonds is 6. The Balaban J connectivity index is 0.000000941. The molecule has 3 rings (SSSR count). The highest BCUT2D eigenvalue weighted by molar-refractivity contribution is 5.91. The van der Waals surface area contributed by atoms with Gasteiger partial charge in [-0.25, -0.2) is 4.98 Å². The van der Waals surface area contributed by atoms with Crippen LogP contribution < -0.4 is 10.6 Å². The van der Waals surface area contributed by atoms with Gasteiger partial charge in [0.2, 0.25) is 5.91 Å². The molecule has 0 aromatic carbocycles. The minimum absolute atomic E-state index is 0.0359. The van der Waals surface area contributed by atoms with Crippen LogP contribution in [0.5, 0.6) is 0 Å². The molecule has 0 bridgehead atoms. The van der Waals surface area contributed by atoms with Crippen LogP contribution in [0.3, 0.4) is 0 Å². The van der Waals surface area contributed by atoms with Gasteiger partial charge in [0.05, 0.1) is 0 Å². The molecule has 9 heteroatoms. The molecule has 0 spiro atoms. The van der Waals surface area contributed by atoms with Crippen molar-refractivity contribution in [1.29, 1.82) is 0 Å². The number of imidazole rings is 1. The zero-order valence-corrected chi connectivity index (χ0v) is 16.5. The predicted octanol–water partition coefficient (Wildman–Crippen LogP) is 1.16. The maximum Gasteiger partial charge on any atom is 0.290 e. The summed E-state index contributed by atoms with van der Waals surface area (Å²) in [7, 11) is 1.80. The normalized spacial score (nSPS) is 18.1. The molecule has 2 aromatic heterocycles. The van der Waals surface area contributed by atoms with Crippen LogP contribution in [-0.4, -0.2) is 50.5 Å². The molecule has 3 N–H and O–H groups in total. The first-order chi connectivity index (χ1) is 14.0. The smallest absolute Gasteiger partial charge is 0.290 e. The lowest BCUT2D eigenvalue weighted by molar-refractivity contribution is -0.126. The van der Waals surface area contributed by atoms with Crippen molar-refractivity contribution in [2.24, 2.45) is 13.0 Å². The van der Waals surface area contributed by atoms with Crippen molar-refractivity contribution in [1.82, 2.24) is 25.2 Å². The van der Waals surface area contributed by atoms with Crippen LogP contribution in [0, 0.1) is 5.92 Å². The van der Waals surface area contributed by atoms with E-state index in [1.807, 2.05) is 12.1 Å². The van der Waals surface area contributed by atoms with Crippen molar-refractivity contribution >= 4 is 18.3 Å². The van der Waals surface area contributed by atoms with E-state index in [1.54, 1.807) is 36.4 Å². The molecule has 156 valence electrons. The highest BCUT2D eigenvalue weighted by Gasteiger charge is 2.27. The van der Waals surface area contributed by atoms with Gasteiger partial charge in [-0.1, -0.05) is 0 Å². The van der Waals surface area contributed by atoms with E-state index in [-0.39, 0.29) is 30.2 Å². The number of nitrogens with one attached hydrogen (secondary N) is 2. The fourth-order valence-electron chi connectivity index (χ4n) is 3.36. The van der Waals surface area contributed by atoms with Crippen molar-refractivity contribution in [3.63, 3.8) is 0 Å². The van der Waals surface area contributed by atoms with E-state index in [4.69, 9.17) is 9.90 Å². The topological polar surface area (TPSA) is 126 Å². The third-order valence-electron chi connectivity index (χ3n) is 4.92. The maximum atomic E-state index is 12.3. The summed E-state index contributed by atoms with van der Waals surface area (Å²) in [5.41, 5.74) is 1.17. The number of carbonyl (C=O) groups excluding carboxylic acids is 2. The third-order valence-corrected chi connectivity index (χ3v) is 4.92. The molecule has 1 saturated carbocycles. The minimum Gasteiger partial charge on any atom is -0.483 e. The first-order valence-electron chi connectivity index (χ1n) is 9.57. The number of pyridine rings is 1. The fourth-order valence-corrected chi connectivity index (χ4v) is 3.36. The zero-order valence-electron chi connectivity index (χ0n) is 16.5. The zero-order chi connectivity index (χ0) is 21.1. The molecule has 1 fully saturated rings. The van der Waals surface area contributed by atoms with E-state index in [1.165, 1.54) is 5.56 Å². The van der Waals surface area contributed by atoms with Crippen LogP contribution >= 0.6 is 0 Å². The average molecular weight is 401 g/mol. The third kappa shape index (κ3) is 7.02. The largest absolute Gasteiger partial charge is 0.483 e. The molecule has 0 atom stereocenters. The summed E-state index contributed by atoms with van der Waals surface area (Å²) in [5.74, 6) is 0.422. The van der Waals surface area contributed by atoms with E-state index in [9.17, 15) is 9.59 Å². The summed E-state index contributed by atoms with van der Waals surface area (Å²) in [6.45, 7) is 0.388. The molecule has 0 aliphatic heterocycles. The van der Waals surface area contributed by atoms with Gasteiger partial charge in [-0.05, 0) is 49.8 Å². The Hall–Kier alpha value is -3.23. The number of nitrogens with zero attached hydrogens (tertiary/aromatic N) is 3. The van der Waals surface area contributed by atoms with E-state index in [2.05, 4.69) is 20.6 Å². The first-order valence-corrected chi connectivity index (χ1v) is 9.57. The summed E-state index contributed by atoms with van der Waals surface area (Å²) in [4.78, 5) is 40.9. The molecule has 0 saturated heterocycles. The first kappa shape index (κ1) is 22.1. The molecule has 1 aliphatic carbocycles. The predicted molar refractivity (Wildman–Crippen MR) is 106 cm³/mol. The number of aromatic nitrogens is 3. The minimum atomic E-state index is -0.250. The van der Waals surface area contributed by atoms with Crippen LogP contribution in [0.2, 0.25) is 0 Å². The molecule has 1 aliphatic rings.